The van der Waals surface area contributed by atoms with Crippen molar-refractivity contribution in [3.8, 4) is 5.75 Å². The Kier molecular flexibility index (Phi) is 3.61. The minimum Gasteiger partial charge on any atom is -0.495 e. The summed E-state index contributed by atoms with van der Waals surface area (Å²) in [7, 11) is 3.43. The van der Waals surface area contributed by atoms with Crippen molar-refractivity contribution in [3.63, 3.8) is 0 Å². The van der Waals surface area contributed by atoms with Crippen molar-refractivity contribution in [3.05, 3.63) is 42.1 Å². The zero-order valence-electron chi connectivity index (χ0n) is 10.8. The number of methoxy groups -OCH3 is 1. The minimum absolute atomic E-state index is 0.0494. The number of hydrogen-bond donors (Lipinski definition) is 2. The van der Waals surface area contributed by atoms with Gasteiger partial charge >= 0.3 is 0 Å². The number of aromatic nitrogens is 2. The summed E-state index contributed by atoms with van der Waals surface area (Å²) in [5.74, 6) is 1.18. The predicted molar refractivity (Wildman–Crippen MR) is 74.1 cm³/mol. The van der Waals surface area contributed by atoms with E-state index in [0.717, 1.165) is 5.69 Å². The van der Waals surface area contributed by atoms with Crippen LogP contribution in [-0.4, -0.2) is 30.2 Å². The van der Waals surface area contributed by atoms with Crippen molar-refractivity contribution in [2.75, 3.05) is 19.1 Å². The number of benzene rings is 1. The van der Waals surface area contributed by atoms with E-state index in [-0.39, 0.29) is 5.84 Å². The Labute approximate surface area is 111 Å². The van der Waals surface area contributed by atoms with E-state index in [0.29, 0.717) is 17.1 Å². The Morgan fingerprint density at radius 1 is 1.32 bits per heavy atom. The van der Waals surface area contributed by atoms with Crippen molar-refractivity contribution < 1.29 is 4.74 Å². The van der Waals surface area contributed by atoms with Crippen LogP contribution in [0.15, 0.2) is 36.5 Å². The molecule has 0 unspecified atom stereocenters. The molecule has 0 saturated heterocycles. The molecule has 6 heteroatoms. The van der Waals surface area contributed by atoms with Crippen molar-refractivity contribution in [2.45, 2.75) is 0 Å². The fraction of sp³-hybridized carbons (Fsp3) is 0.154. The summed E-state index contributed by atoms with van der Waals surface area (Å²) in [4.78, 5) is 1.79. The predicted octanol–water partition coefficient (Wildman–Crippen LogP) is 1.54. The molecule has 0 aliphatic rings. The molecule has 0 atom stereocenters. The van der Waals surface area contributed by atoms with Gasteiger partial charge in [0, 0.05) is 7.05 Å². The molecule has 1 aromatic heterocycles. The molecular formula is C13H15N5O. The maximum Gasteiger partial charge on any atom is 0.166 e. The second-order valence-electron chi connectivity index (χ2n) is 3.91. The van der Waals surface area contributed by atoms with Gasteiger partial charge in [-0.05, 0) is 18.2 Å². The zero-order valence-corrected chi connectivity index (χ0v) is 10.8. The van der Waals surface area contributed by atoms with Gasteiger partial charge in [-0.15, -0.1) is 5.10 Å². The van der Waals surface area contributed by atoms with Crippen LogP contribution in [0.3, 0.4) is 0 Å². The lowest BCUT2D eigenvalue weighted by Gasteiger charge is -2.22. The number of rotatable bonds is 4. The van der Waals surface area contributed by atoms with Gasteiger partial charge in [-0.2, -0.15) is 5.10 Å². The van der Waals surface area contributed by atoms with E-state index in [1.807, 2.05) is 31.3 Å². The van der Waals surface area contributed by atoms with Gasteiger partial charge in [0.25, 0.3) is 0 Å². The second kappa shape index (κ2) is 5.34. The van der Waals surface area contributed by atoms with Crippen LogP contribution in [0.2, 0.25) is 0 Å². The summed E-state index contributed by atoms with van der Waals surface area (Å²) in [6.07, 6.45) is 1.51. The van der Waals surface area contributed by atoms with Crippen LogP contribution in [0.1, 0.15) is 5.56 Å². The van der Waals surface area contributed by atoms with E-state index < -0.39 is 0 Å². The summed E-state index contributed by atoms with van der Waals surface area (Å²) in [6.45, 7) is 0. The molecular weight excluding hydrogens is 242 g/mol. The van der Waals surface area contributed by atoms with E-state index in [4.69, 9.17) is 15.9 Å². The SMILES string of the molecule is COc1ccccc1N(C)c1nnccc1C(=N)N. The fourth-order valence-corrected chi connectivity index (χ4v) is 1.80. The maximum atomic E-state index is 7.58. The van der Waals surface area contributed by atoms with Gasteiger partial charge in [0.15, 0.2) is 5.82 Å². The highest BCUT2D eigenvalue weighted by Gasteiger charge is 2.16. The Bertz CT molecular complexity index is 599. The van der Waals surface area contributed by atoms with Crippen LogP contribution in [0.25, 0.3) is 0 Å². The number of nitrogen functional groups attached to an aromatic ring is 1. The first-order valence-corrected chi connectivity index (χ1v) is 5.68. The van der Waals surface area contributed by atoms with Gasteiger partial charge in [0.1, 0.15) is 11.6 Å². The summed E-state index contributed by atoms with van der Waals surface area (Å²) in [5.41, 5.74) is 6.92. The van der Waals surface area contributed by atoms with E-state index in [1.54, 1.807) is 18.1 Å². The van der Waals surface area contributed by atoms with Gasteiger partial charge < -0.3 is 15.4 Å². The lowest BCUT2D eigenvalue weighted by Crippen LogP contribution is -2.20. The molecule has 98 valence electrons. The Hall–Kier alpha value is -2.63. The number of nitrogens with two attached hydrogens (primary N) is 1. The van der Waals surface area contributed by atoms with Crippen LogP contribution >= 0.6 is 0 Å². The molecule has 0 saturated carbocycles. The van der Waals surface area contributed by atoms with Gasteiger partial charge in [-0.1, -0.05) is 12.1 Å². The van der Waals surface area contributed by atoms with Crippen LogP contribution in [0.4, 0.5) is 11.5 Å². The average molecular weight is 257 g/mol. The van der Waals surface area contributed by atoms with E-state index >= 15 is 0 Å². The summed E-state index contributed by atoms with van der Waals surface area (Å²) >= 11 is 0. The first-order chi connectivity index (χ1) is 9.15. The van der Waals surface area contributed by atoms with E-state index in [1.165, 1.54) is 6.20 Å². The molecule has 2 aromatic rings. The Morgan fingerprint density at radius 3 is 2.74 bits per heavy atom. The highest BCUT2D eigenvalue weighted by molar-refractivity contribution is 6.00. The molecule has 1 aromatic carbocycles. The maximum absolute atomic E-state index is 7.58. The largest absolute Gasteiger partial charge is 0.495 e. The van der Waals surface area contributed by atoms with Gasteiger partial charge in [-0.25, -0.2) is 0 Å². The lowest BCUT2D eigenvalue weighted by atomic mass is 10.2. The smallest absolute Gasteiger partial charge is 0.166 e. The van der Waals surface area contributed by atoms with Crippen molar-refractivity contribution in [1.82, 2.24) is 10.2 Å². The minimum atomic E-state index is -0.0494. The highest BCUT2D eigenvalue weighted by atomic mass is 16.5. The number of ether oxygens (including phenoxy) is 1. The third kappa shape index (κ3) is 2.47. The molecule has 0 aliphatic carbocycles. The van der Waals surface area contributed by atoms with Crippen molar-refractivity contribution in [1.29, 1.82) is 5.41 Å². The Morgan fingerprint density at radius 2 is 2.05 bits per heavy atom. The highest BCUT2D eigenvalue weighted by Crippen LogP contribution is 2.32. The van der Waals surface area contributed by atoms with Crippen LogP contribution in [0, 0.1) is 5.41 Å². The zero-order chi connectivity index (χ0) is 13.8. The number of anilines is 2. The number of para-hydroxylation sites is 2. The molecule has 19 heavy (non-hydrogen) atoms. The average Bonchev–Trinajstić information content (AvgIpc) is 2.46. The van der Waals surface area contributed by atoms with E-state index in [2.05, 4.69) is 10.2 Å². The Balaban J connectivity index is 2.50. The molecule has 3 N–H and O–H groups in total. The third-order valence-electron chi connectivity index (χ3n) is 2.76. The summed E-state index contributed by atoms with van der Waals surface area (Å²) < 4.78 is 5.31. The van der Waals surface area contributed by atoms with Crippen LogP contribution in [0.5, 0.6) is 5.75 Å². The second-order valence-corrected chi connectivity index (χ2v) is 3.91. The quantitative estimate of drug-likeness (QED) is 0.640. The first kappa shape index (κ1) is 12.8. The molecule has 2 rings (SSSR count). The molecule has 0 radical (unpaired) electrons. The number of hydrogen-bond acceptors (Lipinski definition) is 5. The van der Waals surface area contributed by atoms with Crippen LogP contribution in [-0.2, 0) is 0 Å². The topological polar surface area (TPSA) is 88.1 Å². The standard InChI is InChI=1S/C13H15N5O/c1-18(10-5-3-4-6-11(10)19-2)13-9(12(14)15)7-8-16-17-13/h3-8H,1-2H3,(H3,14,15). The molecule has 6 nitrogen and oxygen atoms in total. The number of nitrogens with one attached hydrogen (secondary N) is 1. The molecule has 0 amide bonds. The molecule has 0 aliphatic heterocycles. The molecule has 0 bridgehead atoms. The van der Waals surface area contributed by atoms with E-state index in [9.17, 15) is 0 Å². The third-order valence-corrected chi connectivity index (χ3v) is 2.76. The van der Waals surface area contributed by atoms with Gasteiger partial charge in [0.2, 0.25) is 0 Å². The monoisotopic (exact) mass is 257 g/mol. The lowest BCUT2D eigenvalue weighted by molar-refractivity contribution is 0.415. The molecule has 0 spiro atoms. The van der Waals surface area contributed by atoms with Gasteiger partial charge in [0.05, 0.1) is 24.6 Å². The van der Waals surface area contributed by atoms with Gasteiger partial charge in [-0.3, -0.25) is 5.41 Å². The normalized spacial score (nSPS) is 10.0. The molecule has 1 heterocycles. The number of amidine groups is 1. The first-order valence-electron chi connectivity index (χ1n) is 5.68. The number of nitrogens with zero attached hydrogens (tertiary/aromatic N) is 3. The fourth-order valence-electron chi connectivity index (χ4n) is 1.80. The van der Waals surface area contributed by atoms with Crippen molar-refractivity contribution >= 4 is 17.3 Å². The summed E-state index contributed by atoms with van der Waals surface area (Å²) in [5, 5.41) is 15.5. The van der Waals surface area contributed by atoms with Crippen molar-refractivity contribution in [2.24, 2.45) is 5.73 Å². The van der Waals surface area contributed by atoms with Crippen LogP contribution < -0.4 is 15.4 Å². The summed E-state index contributed by atoms with van der Waals surface area (Å²) in [6, 6.07) is 9.21. The molecule has 0 fully saturated rings.